The lowest BCUT2D eigenvalue weighted by Gasteiger charge is -2.26. The van der Waals surface area contributed by atoms with Gasteiger partial charge < -0.3 is 10.2 Å². The van der Waals surface area contributed by atoms with Crippen molar-refractivity contribution < 1.29 is 9.59 Å². The first kappa shape index (κ1) is 14.0. The minimum absolute atomic E-state index is 0.0156. The highest BCUT2D eigenvalue weighted by molar-refractivity contribution is 9.10. The van der Waals surface area contributed by atoms with Crippen LogP contribution in [-0.2, 0) is 4.79 Å². The highest BCUT2D eigenvalue weighted by Crippen LogP contribution is 2.09. The molecular weight excluding hydrogens is 310 g/mol. The molecule has 0 unspecified atom stereocenters. The zero-order valence-electron chi connectivity index (χ0n) is 10.6. The first-order valence-corrected chi connectivity index (χ1v) is 7.13. The van der Waals surface area contributed by atoms with Crippen LogP contribution in [0.15, 0.2) is 22.9 Å². The summed E-state index contributed by atoms with van der Waals surface area (Å²) in [6.45, 7) is 1.65. The molecule has 0 radical (unpaired) electrons. The van der Waals surface area contributed by atoms with Crippen molar-refractivity contribution in [1.82, 2.24) is 15.2 Å². The minimum Gasteiger partial charge on any atom is -0.343 e. The fourth-order valence-electron chi connectivity index (χ4n) is 2.02. The number of likely N-dealkylation sites (tertiary alicyclic amines) is 1. The summed E-state index contributed by atoms with van der Waals surface area (Å²) in [7, 11) is 0. The Hall–Kier alpha value is -1.43. The summed E-state index contributed by atoms with van der Waals surface area (Å²) >= 11 is 3.21. The Labute approximate surface area is 120 Å². The molecule has 1 saturated heterocycles. The predicted molar refractivity (Wildman–Crippen MR) is 74.7 cm³/mol. The largest absolute Gasteiger partial charge is 0.343 e. The lowest BCUT2D eigenvalue weighted by molar-refractivity contribution is -0.130. The molecule has 0 atom stereocenters. The molecule has 0 bridgehead atoms. The molecule has 2 amide bonds. The van der Waals surface area contributed by atoms with Gasteiger partial charge in [0, 0.05) is 19.3 Å². The zero-order valence-corrected chi connectivity index (χ0v) is 12.1. The number of nitrogens with one attached hydrogen (secondary N) is 1. The van der Waals surface area contributed by atoms with E-state index < -0.39 is 0 Å². The van der Waals surface area contributed by atoms with Gasteiger partial charge in [0.1, 0.15) is 4.60 Å². The number of piperidine rings is 1. The van der Waals surface area contributed by atoms with Gasteiger partial charge >= 0.3 is 0 Å². The molecule has 1 N–H and O–H groups in total. The van der Waals surface area contributed by atoms with Gasteiger partial charge in [-0.1, -0.05) is 0 Å². The number of aromatic nitrogens is 1. The number of amides is 2. The van der Waals surface area contributed by atoms with E-state index in [0.717, 1.165) is 25.9 Å². The monoisotopic (exact) mass is 325 g/mol. The molecule has 0 aliphatic carbocycles. The Morgan fingerprint density at radius 2 is 2.00 bits per heavy atom. The highest BCUT2D eigenvalue weighted by atomic mass is 79.9. The predicted octanol–water partition coefficient (Wildman–Crippen LogP) is 1.59. The Morgan fingerprint density at radius 3 is 2.63 bits per heavy atom. The van der Waals surface area contributed by atoms with Gasteiger partial charge in [-0.25, -0.2) is 4.98 Å². The zero-order chi connectivity index (χ0) is 13.7. The van der Waals surface area contributed by atoms with Crippen LogP contribution in [0, 0.1) is 0 Å². The third kappa shape index (κ3) is 4.02. The van der Waals surface area contributed by atoms with E-state index in [2.05, 4.69) is 26.2 Å². The van der Waals surface area contributed by atoms with Crippen molar-refractivity contribution >= 4 is 27.7 Å². The molecule has 1 aromatic rings. The Bertz CT molecular complexity index is 455. The molecular formula is C13H16BrN3O2. The van der Waals surface area contributed by atoms with Gasteiger partial charge in [-0.15, -0.1) is 0 Å². The third-order valence-electron chi connectivity index (χ3n) is 3.10. The number of halogens is 1. The first-order valence-electron chi connectivity index (χ1n) is 6.34. The minimum atomic E-state index is -0.273. The van der Waals surface area contributed by atoms with Gasteiger partial charge in [0.05, 0.1) is 12.1 Å². The Kier molecular flexibility index (Phi) is 4.90. The first-order chi connectivity index (χ1) is 9.16. The number of carbonyl (C=O) groups is 2. The Balaban J connectivity index is 1.82. The van der Waals surface area contributed by atoms with E-state index in [1.807, 2.05) is 4.90 Å². The summed E-state index contributed by atoms with van der Waals surface area (Å²) in [5.74, 6) is -0.288. The number of hydrogen-bond donors (Lipinski definition) is 1. The summed E-state index contributed by atoms with van der Waals surface area (Å²) in [4.78, 5) is 29.5. The quantitative estimate of drug-likeness (QED) is 0.858. The number of rotatable bonds is 3. The molecule has 5 nitrogen and oxygen atoms in total. The van der Waals surface area contributed by atoms with Crippen LogP contribution in [0.1, 0.15) is 29.6 Å². The number of pyridine rings is 1. The van der Waals surface area contributed by atoms with Gasteiger partial charge in [0.15, 0.2) is 0 Å². The Morgan fingerprint density at radius 1 is 1.26 bits per heavy atom. The van der Waals surface area contributed by atoms with Gasteiger partial charge in [-0.05, 0) is 47.3 Å². The van der Waals surface area contributed by atoms with Gasteiger partial charge in [-0.3, -0.25) is 9.59 Å². The van der Waals surface area contributed by atoms with Crippen molar-refractivity contribution in [2.45, 2.75) is 19.3 Å². The summed E-state index contributed by atoms with van der Waals surface area (Å²) in [6.07, 6.45) is 4.76. The van der Waals surface area contributed by atoms with Crippen molar-refractivity contribution in [3.8, 4) is 0 Å². The van der Waals surface area contributed by atoms with E-state index >= 15 is 0 Å². The van der Waals surface area contributed by atoms with E-state index in [9.17, 15) is 9.59 Å². The second-order valence-electron chi connectivity index (χ2n) is 4.49. The van der Waals surface area contributed by atoms with Crippen molar-refractivity contribution in [3.63, 3.8) is 0 Å². The van der Waals surface area contributed by atoms with Crippen LogP contribution < -0.4 is 5.32 Å². The molecule has 19 heavy (non-hydrogen) atoms. The normalized spacial score (nSPS) is 15.1. The standard InChI is InChI=1S/C13H16BrN3O2/c14-11-5-4-10(8-15-11)13(19)16-9-12(18)17-6-2-1-3-7-17/h4-5,8H,1-3,6-7,9H2,(H,16,19). The lowest BCUT2D eigenvalue weighted by Crippen LogP contribution is -2.42. The number of nitrogens with zero attached hydrogens (tertiary/aromatic N) is 2. The molecule has 102 valence electrons. The summed E-state index contributed by atoms with van der Waals surface area (Å²) < 4.78 is 0.674. The van der Waals surface area contributed by atoms with Crippen LogP contribution in [0.2, 0.25) is 0 Å². The summed E-state index contributed by atoms with van der Waals surface area (Å²) in [6, 6.07) is 3.36. The topological polar surface area (TPSA) is 62.3 Å². The molecule has 6 heteroatoms. The second-order valence-corrected chi connectivity index (χ2v) is 5.31. The smallest absolute Gasteiger partial charge is 0.253 e. The molecule has 1 aliphatic rings. The van der Waals surface area contributed by atoms with Crippen LogP contribution in [0.3, 0.4) is 0 Å². The van der Waals surface area contributed by atoms with Crippen LogP contribution in [0.5, 0.6) is 0 Å². The summed E-state index contributed by atoms with van der Waals surface area (Å²) in [5.41, 5.74) is 0.453. The van der Waals surface area contributed by atoms with Gasteiger partial charge in [0.2, 0.25) is 5.91 Å². The second kappa shape index (κ2) is 6.65. The number of hydrogen-bond acceptors (Lipinski definition) is 3. The van der Waals surface area contributed by atoms with Crippen LogP contribution in [0.25, 0.3) is 0 Å². The molecule has 0 saturated carbocycles. The molecule has 1 aromatic heterocycles. The van der Waals surface area contributed by atoms with Crippen molar-refractivity contribution in [2.24, 2.45) is 0 Å². The molecule has 1 aliphatic heterocycles. The van der Waals surface area contributed by atoms with E-state index in [1.165, 1.54) is 12.6 Å². The van der Waals surface area contributed by atoms with Crippen molar-refractivity contribution in [3.05, 3.63) is 28.5 Å². The summed E-state index contributed by atoms with van der Waals surface area (Å²) in [5, 5.41) is 2.63. The van der Waals surface area contributed by atoms with E-state index in [1.54, 1.807) is 12.1 Å². The maximum Gasteiger partial charge on any atom is 0.253 e. The van der Waals surface area contributed by atoms with Gasteiger partial charge in [0.25, 0.3) is 5.91 Å². The molecule has 0 aromatic carbocycles. The number of carbonyl (C=O) groups excluding carboxylic acids is 2. The highest BCUT2D eigenvalue weighted by Gasteiger charge is 2.17. The average Bonchev–Trinajstić information content (AvgIpc) is 2.46. The van der Waals surface area contributed by atoms with E-state index in [-0.39, 0.29) is 18.4 Å². The molecule has 0 spiro atoms. The molecule has 2 rings (SSSR count). The van der Waals surface area contributed by atoms with E-state index in [0.29, 0.717) is 10.2 Å². The van der Waals surface area contributed by atoms with Gasteiger partial charge in [-0.2, -0.15) is 0 Å². The maximum atomic E-state index is 11.9. The van der Waals surface area contributed by atoms with Crippen molar-refractivity contribution in [2.75, 3.05) is 19.6 Å². The van der Waals surface area contributed by atoms with Crippen molar-refractivity contribution in [1.29, 1.82) is 0 Å². The van der Waals surface area contributed by atoms with Crippen LogP contribution in [-0.4, -0.2) is 41.3 Å². The fraction of sp³-hybridized carbons (Fsp3) is 0.462. The van der Waals surface area contributed by atoms with Crippen LogP contribution >= 0.6 is 15.9 Å². The third-order valence-corrected chi connectivity index (χ3v) is 3.57. The molecule has 1 fully saturated rings. The lowest BCUT2D eigenvalue weighted by atomic mass is 10.1. The molecule has 2 heterocycles. The van der Waals surface area contributed by atoms with E-state index in [4.69, 9.17) is 0 Å². The van der Waals surface area contributed by atoms with Crippen LogP contribution in [0.4, 0.5) is 0 Å². The SMILES string of the molecule is O=C(NCC(=O)N1CCCCC1)c1ccc(Br)nc1. The maximum absolute atomic E-state index is 11.9. The average molecular weight is 326 g/mol. The fourth-order valence-corrected chi connectivity index (χ4v) is 2.26.